The largest absolute Gasteiger partial charge is 0.444 e. The summed E-state index contributed by atoms with van der Waals surface area (Å²) in [5.74, 6) is 0.139. The molecular formula is C12H23NO3. The van der Waals surface area contributed by atoms with Gasteiger partial charge in [-0.05, 0) is 41.0 Å². The number of hydrogen-bond acceptors (Lipinski definition) is 3. The van der Waals surface area contributed by atoms with Gasteiger partial charge in [0.1, 0.15) is 5.60 Å². The molecular weight excluding hydrogens is 206 g/mol. The first-order valence-corrected chi connectivity index (χ1v) is 5.80. The van der Waals surface area contributed by atoms with E-state index in [9.17, 15) is 9.90 Å². The van der Waals surface area contributed by atoms with Crippen molar-refractivity contribution in [2.45, 2.75) is 52.2 Å². The molecule has 1 N–H and O–H groups in total. The highest BCUT2D eigenvalue weighted by Gasteiger charge is 2.36. The van der Waals surface area contributed by atoms with Gasteiger partial charge in [-0.15, -0.1) is 0 Å². The van der Waals surface area contributed by atoms with E-state index in [2.05, 4.69) is 0 Å². The molecule has 0 bridgehead atoms. The lowest BCUT2D eigenvalue weighted by Gasteiger charge is -2.27. The molecule has 1 amide bonds. The second-order valence-electron chi connectivity index (χ2n) is 6.07. The second kappa shape index (κ2) is 4.24. The molecule has 0 unspecified atom stereocenters. The number of likely N-dealkylation sites (tertiary alicyclic amines) is 1. The van der Waals surface area contributed by atoms with Crippen molar-refractivity contribution in [2.75, 3.05) is 13.1 Å². The lowest BCUT2D eigenvalue weighted by Crippen LogP contribution is -2.38. The molecule has 0 saturated carbocycles. The van der Waals surface area contributed by atoms with E-state index in [4.69, 9.17) is 4.74 Å². The van der Waals surface area contributed by atoms with Crippen LogP contribution in [0.5, 0.6) is 0 Å². The van der Waals surface area contributed by atoms with Gasteiger partial charge in [0.05, 0.1) is 5.60 Å². The highest BCUT2D eigenvalue weighted by atomic mass is 16.6. The van der Waals surface area contributed by atoms with Gasteiger partial charge in [0.2, 0.25) is 0 Å². The second-order valence-corrected chi connectivity index (χ2v) is 6.07. The zero-order valence-corrected chi connectivity index (χ0v) is 10.9. The molecule has 1 aliphatic heterocycles. The number of carbonyl (C=O) groups excluding carboxylic acids is 1. The fourth-order valence-corrected chi connectivity index (χ4v) is 1.83. The van der Waals surface area contributed by atoms with Crippen LogP contribution < -0.4 is 0 Å². The zero-order chi connectivity index (χ0) is 12.6. The van der Waals surface area contributed by atoms with Crippen LogP contribution in [0.15, 0.2) is 0 Å². The van der Waals surface area contributed by atoms with Gasteiger partial charge in [0.15, 0.2) is 0 Å². The van der Waals surface area contributed by atoms with Crippen LogP contribution in [0.2, 0.25) is 0 Å². The van der Waals surface area contributed by atoms with Crippen LogP contribution >= 0.6 is 0 Å². The third-order valence-corrected chi connectivity index (χ3v) is 2.84. The Morgan fingerprint density at radius 2 is 1.88 bits per heavy atom. The molecule has 0 aromatic rings. The fourth-order valence-electron chi connectivity index (χ4n) is 1.83. The Labute approximate surface area is 97.6 Å². The topological polar surface area (TPSA) is 49.8 Å². The molecule has 0 aromatic carbocycles. The molecule has 1 rings (SSSR count). The van der Waals surface area contributed by atoms with E-state index in [1.54, 1.807) is 18.7 Å². The van der Waals surface area contributed by atoms with E-state index in [0.717, 1.165) is 6.42 Å². The van der Waals surface area contributed by atoms with Crippen LogP contribution in [0.3, 0.4) is 0 Å². The van der Waals surface area contributed by atoms with Crippen molar-refractivity contribution in [3.05, 3.63) is 0 Å². The summed E-state index contributed by atoms with van der Waals surface area (Å²) >= 11 is 0. The van der Waals surface area contributed by atoms with Crippen molar-refractivity contribution in [3.8, 4) is 0 Å². The van der Waals surface area contributed by atoms with Gasteiger partial charge in [-0.3, -0.25) is 0 Å². The van der Waals surface area contributed by atoms with Crippen LogP contribution in [-0.2, 0) is 4.74 Å². The fraction of sp³-hybridized carbons (Fsp3) is 0.917. The van der Waals surface area contributed by atoms with E-state index in [0.29, 0.717) is 13.1 Å². The number of aliphatic hydroxyl groups is 1. The maximum absolute atomic E-state index is 11.8. The maximum Gasteiger partial charge on any atom is 0.410 e. The molecule has 1 atom stereocenters. The van der Waals surface area contributed by atoms with E-state index in [1.165, 1.54) is 0 Å². The van der Waals surface area contributed by atoms with Gasteiger partial charge in [-0.2, -0.15) is 0 Å². The normalized spacial score (nSPS) is 22.4. The van der Waals surface area contributed by atoms with Crippen molar-refractivity contribution in [1.29, 1.82) is 0 Å². The summed E-state index contributed by atoms with van der Waals surface area (Å²) in [7, 11) is 0. The van der Waals surface area contributed by atoms with Gasteiger partial charge < -0.3 is 14.7 Å². The van der Waals surface area contributed by atoms with Crippen molar-refractivity contribution in [3.63, 3.8) is 0 Å². The van der Waals surface area contributed by atoms with Gasteiger partial charge >= 0.3 is 6.09 Å². The summed E-state index contributed by atoms with van der Waals surface area (Å²) < 4.78 is 5.29. The SMILES string of the molecule is CC(C)(C)OC(=O)N1CC[C@@H](C(C)(C)O)C1. The number of hydrogen-bond donors (Lipinski definition) is 1. The Bertz CT molecular complexity index is 262. The highest BCUT2D eigenvalue weighted by molar-refractivity contribution is 5.68. The maximum atomic E-state index is 11.8. The summed E-state index contributed by atoms with van der Waals surface area (Å²) in [6, 6.07) is 0. The van der Waals surface area contributed by atoms with Crippen LogP contribution in [-0.4, -0.2) is 40.4 Å². The molecule has 1 fully saturated rings. The first-order chi connectivity index (χ1) is 7.09. The van der Waals surface area contributed by atoms with Crippen molar-refractivity contribution in [1.82, 2.24) is 4.90 Å². The highest BCUT2D eigenvalue weighted by Crippen LogP contribution is 2.27. The predicted octanol–water partition coefficient (Wildman–Crippen LogP) is 2.01. The lowest BCUT2D eigenvalue weighted by molar-refractivity contribution is 0.0115. The Morgan fingerprint density at radius 3 is 2.25 bits per heavy atom. The zero-order valence-electron chi connectivity index (χ0n) is 10.9. The molecule has 94 valence electrons. The number of amides is 1. The minimum atomic E-state index is -0.725. The summed E-state index contributed by atoms with van der Waals surface area (Å²) in [4.78, 5) is 13.4. The summed E-state index contributed by atoms with van der Waals surface area (Å²) in [5.41, 5.74) is -1.18. The first-order valence-electron chi connectivity index (χ1n) is 5.80. The molecule has 4 heteroatoms. The van der Waals surface area contributed by atoms with Gasteiger partial charge in [-0.25, -0.2) is 4.79 Å². The average molecular weight is 229 g/mol. The van der Waals surface area contributed by atoms with E-state index < -0.39 is 11.2 Å². The van der Waals surface area contributed by atoms with Crippen LogP contribution in [0, 0.1) is 5.92 Å². The Balaban J connectivity index is 2.51. The third-order valence-electron chi connectivity index (χ3n) is 2.84. The van der Waals surface area contributed by atoms with Crippen molar-refractivity contribution in [2.24, 2.45) is 5.92 Å². The molecule has 1 heterocycles. The summed E-state index contributed by atoms with van der Waals surface area (Å²) in [6.45, 7) is 10.4. The molecule has 0 aromatic heterocycles. The summed E-state index contributed by atoms with van der Waals surface area (Å²) in [6.07, 6.45) is 0.558. The Hall–Kier alpha value is -0.770. The molecule has 1 saturated heterocycles. The molecule has 0 radical (unpaired) electrons. The predicted molar refractivity (Wildman–Crippen MR) is 62.2 cm³/mol. The van der Waals surface area contributed by atoms with Crippen LogP contribution in [0.1, 0.15) is 41.0 Å². The molecule has 0 aliphatic carbocycles. The monoisotopic (exact) mass is 229 g/mol. The number of ether oxygens (including phenoxy) is 1. The van der Waals surface area contributed by atoms with Crippen LogP contribution in [0.4, 0.5) is 4.79 Å². The van der Waals surface area contributed by atoms with Crippen molar-refractivity contribution < 1.29 is 14.6 Å². The third kappa shape index (κ3) is 3.67. The standard InChI is InChI=1S/C12H23NO3/c1-11(2,3)16-10(14)13-7-6-9(8-13)12(4,5)15/h9,15H,6-8H2,1-5H3/t9-/m1/s1. The summed E-state index contributed by atoms with van der Waals surface area (Å²) in [5, 5.41) is 9.87. The first kappa shape index (κ1) is 13.3. The van der Waals surface area contributed by atoms with Gasteiger partial charge in [0, 0.05) is 19.0 Å². The van der Waals surface area contributed by atoms with Gasteiger partial charge in [0.25, 0.3) is 0 Å². The van der Waals surface area contributed by atoms with E-state index >= 15 is 0 Å². The van der Waals surface area contributed by atoms with Crippen molar-refractivity contribution >= 4 is 6.09 Å². The Kier molecular flexibility index (Phi) is 3.53. The minimum Gasteiger partial charge on any atom is -0.444 e. The molecule has 16 heavy (non-hydrogen) atoms. The molecule has 4 nitrogen and oxygen atoms in total. The number of nitrogens with zero attached hydrogens (tertiary/aromatic N) is 1. The van der Waals surface area contributed by atoms with Crippen LogP contribution in [0.25, 0.3) is 0 Å². The lowest BCUT2D eigenvalue weighted by atomic mass is 9.91. The van der Waals surface area contributed by atoms with E-state index in [-0.39, 0.29) is 12.0 Å². The minimum absolute atomic E-state index is 0.139. The smallest absolute Gasteiger partial charge is 0.410 e. The molecule has 1 aliphatic rings. The quantitative estimate of drug-likeness (QED) is 0.748. The molecule has 0 spiro atoms. The van der Waals surface area contributed by atoms with Gasteiger partial charge in [-0.1, -0.05) is 0 Å². The van der Waals surface area contributed by atoms with E-state index in [1.807, 2.05) is 20.8 Å². The number of rotatable bonds is 1. The number of carbonyl (C=O) groups is 1. The Morgan fingerprint density at radius 1 is 1.31 bits per heavy atom. The average Bonchev–Trinajstić information content (AvgIpc) is 2.46.